The molecule has 28 heavy (non-hydrogen) atoms. The largest absolute Gasteiger partial charge is 0.436 e. The van der Waals surface area contributed by atoms with Crippen LogP contribution in [0.3, 0.4) is 0 Å². The molecule has 1 amide bonds. The molecule has 0 radical (unpaired) electrons. The molecule has 2 aromatic carbocycles. The summed E-state index contributed by atoms with van der Waals surface area (Å²) < 4.78 is 5.89. The number of rotatable bonds is 9. The Balaban J connectivity index is 1.46. The third-order valence-electron chi connectivity index (χ3n) is 4.08. The fraction of sp³-hybridized carbons (Fsp3) is 0.227. The molecule has 0 aliphatic rings. The number of carbonyl (C=O) groups is 1. The third-order valence-corrected chi connectivity index (χ3v) is 5.04. The molecule has 144 valence electrons. The molecule has 1 N–H and O–H groups in total. The van der Waals surface area contributed by atoms with E-state index < -0.39 is 0 Å². The predicted molar refractivity (Wildman–Crippen MR) is 112 cm³/mol. The maximum absolute atomic E-state index is 12.1. The van der Waals surface area contributed by atoms with Gasteiger partial charge < -0.3 is 10.1 Å². The van der Waals surface area contributed by atoms with Gasteiger partial charge >= 0.3 is 0 Å². The predicted octanol–water partition coefficient (Wildman–Crippen LogP) is 4.42. The van der Waals surface area contributed by atoms with E-state index in [2.05, 4.69) is 27.4 Å². The summed E-state index contributed by atoms with van der Waals surface area (Å²) >= 11 is 1.32. The lowest BCUT2D eigenvalue weighted by atomic mass is 10.1. The van der Waals surface area contributed by atoms with Crippen LogP contribution in [0.2, 0.25) is 0 Å². The highest BCUT2D eigenvalue weighted by molar-refractivity contribution is 8.00. The summed E-state index contributed by atoms with van der Waals surface area (Å²) in [6, 6.07) is 18.0. The fourth-order valence-electron chi connectivity index (χ4n) is 2.61. The zero-order valence-electron chi connectivity index (χ0n) is 15.8. The number of benzene rings is 2. The van der Waals surface area contributed by atoms with Crippen LogP contribution in [0.15, 0.2) is 72.0 Å². The number of hydrogen-bond donors (Lipinski definition) is 1. The number of amides is 1. The zero-order valence-corrected chi connectivity index (χ0v) is 16.6. The molecule has 0 saturated heterocycles. The van der Waals surface area contributed by atoms with Gasteiger partial charge in [-0.05, 0) is 37.0 Å². The molecular weight excluding hydrogens is 370 g/mol. The molecule has 0 atom stereocenters. The van der Waals surface area contributed by atoms with Crippen LogP contribution in [-0.4, -0.2) is 28.2 Å². The second-order valence-electron chi connectivity index (χ2n) is 6.26. The van der Waals surface area contributed by atoms with Crippen LogP contribution in [0.25, 0.3) is 0 Å². The van der Waals surface area contributed by atoms with Crippen LogP contribution in [0.4, 0.5) is 0 Å². The van der Waals surface area contributed by atoms with Crippen molar-refractivity contribution in [3.63, 3.8) is 0 Å². The number of carbonyl (C=O) groups excluding carboxylic acids is 1. The number of hydrogen-bond acceptors (Lipinski definition) is 5. The summed E-state index contributed by atoms with van der Waals surface area (Å²) in [5, 5.41) is 3.55. The van der Waals surface area contributed by atoms with E-state index in [1.54, 1.807) is 12.4 Å². The average molecular weight is 394 g/mol. The lowest BCUT2D eigenvalue weighted by Crippen LogP contribution is -2.26. The number of nitrogens with zero attached hydrogens (tertiary/aromatic N) is 2. The zero-order chi connectivity index (χ0) is 19.6. The van der Waals surface area contributed by atoms with Crippen LogP contribution in [-0.2, 0) is 11.2 Å². The van der Waals surface area contributed by atoms with Crippen molar-refractivity contribution in [3.8, 4) is 11.6 Å². The second kappa shape index (κ2) is 10.5. The van der Waals surface area contributed by atoms with Crippen LogP contribution >= 0.6 is 11.8 Å². The van der Waals surface area contributed by atoms with E-state index in [0.717, 1.165) is 24.2 Å². The molecule has 0 aliphatic carbocycles. The molecule has 1 heterocycles. The molecule has 3 rings (SSSR count). The molecule has 3 aromatic rings. The monoisotopic (exact) mass is 393 g/mol. The van der Waals surface area contributed by atoms with Crippen molar-refractivity contribution in [2.75, 3.05) is 12.3 Å². The van der Waals surface area contributed by atoms with Crippen molar-refractivity contribution >= 4 is 17.7 Å². The van der Waals surface area contributed by atoms with Crippen LogP contribution < -0.4 is 10.1 Å². The number of para-hydroxylation sites is 1. The molecule has 6 heteroatoms. The number of aryl methyl sites for hydroxylation is 2. The summed E-state index contributed by atoms with van der Waals surface area (Å²) in [5.41, 5.74) is 2.30. The second-order valence-corrected chi connectivity index (χ2v) is 7.23. The summed E-state index contributed by atoms with van der Waals surface area (Å²) in [4.78, 5) is 20.7. The Morgan fingerprint density at radius 1 is 1.04 bits per heavy atom. The minimum Gasteiger partial charge on any atom is -0.436 e. The van der Waals surface area contributed by atoms with Crippen molar-refractivity contribution in [3.05, 3.63) is 78.1 Å². The molecule has 1 aromatic heterocycles. The summed E-state index contributed by atoms with van der Waals surface area (Å²) in [7, 11) is 0. The van der Waals surface area contributed by atoms with Crippen LogP contribution in [0.5, 0.6) is 11.6 Å². The quantitative estimate of drug-likeness (QED) is 0.431. The molecule has 0 saturated carbocycles. The smallest absolute Gasteiger partial charge is 0.252 e. The minimum absolute atomic E-state index is 0.0226. The first-order chi connectivity index (χ1) is 13.7. The Kier molecular flexibility index (Phi) is 7.44. The Hall–Kier alpha value is -2.86. The Morgan fingerprint density at radius 3 is 2.61 bits per heavy atom. The van der Waals surface area contributed by atoms with Crippen molar-refractivity contribution in [1.82, 2.24) is 15.3 Å². The standard InChI is InChI=1S/C22H23N3O2S/c1-17-8-5-6-12-19(17)27-21-22(25-15-14-24-21)28-16-20(26)23-13-7-11-18-9-3-2-4-10-18/h2-6,8-10,12,14-15H,7,11,13,16H2,1H3,(H,23,26). The van der Waals surface area contributed by atoms with Crippen molar-refractivity contribution in [2.45, 2.75) is 24.8 Å². The lowest BCUT2D eigenvalue weighted by molar-refractivity contribution is -0.118. The van der Waals surface area contributed by atoms with Crippen molar-refractivity contribution in [2.24, 2.45) is 0 Å². The fourth-order valence-corrected chi connectivity index (χ4v) is 3.33. The van der Waals surface area contributed by atoms with E-state index in [-0.39, 0.29) is 11.7 Å². The van der Waals surface area contributed by atoms with Gasteiger partial charge in [0.25, 0.3) is 5.88 Å². The summed E-state index contributed by atoms with van der Waals surface area (Å²) in [6.07, 6.45) is 5.05. The van der Waals surface area contributed by atoms with Gasteiger partial charge in [-0.2, -0.15) is 0 Å². The highest BCUT2D eigenvalue weighted by Gasteiger charge is 2.12. The first kappa shape index (κ1) is 19.9. The Morgan fingerprint density at radius 2 is 1.79 bits per heavy atom. The number of aromatic nitrogens is 2. The summed E-state index contributed by atoms with van der Waals surface area (Å²) in [5.74, 6) is 1.40. The van der Waals surface area contributed by atoms with Crippen molar-refractivity contribution < 1.29 is 9.53 Å². The van der Waals surface area contributed by atoms with E-state index in [4.69, 9.17) is 4.74 Å². The van der Waals surface area contributed by atoms with Crippen LogP contribution in [0.1, 0.15) is 17.5 Å². The van der Waals surface area contributed by atoms with E-state index in [1.807, 2.05) is 49.4 Å². The maximum Gasteiger partial charge on any atom is 0.252 e. The van der Waals surface area contributed by atoms with E-state index >= 15 is 0 Å². The van der Waals surface area contributed by atoms with Gasteiger partial charge in [-0.3, -0.25) is 4.79 Å². The topological polar surface area (TPSA) is 64.1 Å². The average Bonchev–Trinajstić information content (AvgIpc) is 2.73. The van der Waals surface area contributed by atoms with E-state index in [0.29, 0.717) is 17.5 Å². The van der Waals surface area contributed by atoms with Gasteiger partial charge in [0.2, 0.25) is 5.91 Å². The molecular formula is C22H23N3O2S. The minimum atomic E-state index is -0.0226. The van der Waals surface area contributed by atoms with Gasteiger partial charge in [0.15, 0.2) is 5.03 Å². The summed E-state index contributed by atoms with van der Waals surface area (Å²) in [6.45, 7) is 2.63. The molecule has 0 spiro atoms. The van der Waals surface area contributed by atoms with Gasteiger partial charge in [-0.25, -0.2) is 9.97 Å². The van der Waals surface area contributed by atoms with Crippen LogP contribution in [0, 0.1) is 6.92 Å². The number of thioether (sulfide) groups is 1. The van der Waals surface area contributed by atoms with Gasteiger partial charge in [-0.1, -0.05) is 60.3 Å². The molecule has 0 fully saturated rings. The first-order valence-electron chi connectivity index (χ1n) is 9.20. The molecule has 0 aliphatic heterocycles. The first-order valence-corrected chi connectivity index (χ1v) is 10.2. The van der Waals surface area contributed by atoms with Gasteiger partial charge in [0, 0.05) is 18.9 Å². The molecule has 0 bridgehead atoms. The van der Waals surface area contributed by atoms with Gasteiger partial charge in [-0.15, -0.1) is 0 Å². The van der Waals surface area contributed by atoms with E-state index in [1.165, 1.54) is 17.3 Å². The van der Waals surface area contributed by atoms with Crippen molar-refractivity contribution in [1.29, 1.82) is 0 Å². The molecule has 5 nitrogen and oxygen atoms in total. The number of ether oxygens (including phenoxy) is 1. The maximum atomic E-state index is 12.1. The number of nitrogens with one attached hydrogen (secondary N) is 1. The normalized spacial score (nSPS) is 10.5. The van der Waals surface area contributed by atoms with Gasteiger partial charge in [0.05, 0.1) is 5.75 Å². The van der Waals surface area contributed by atoms with Gasteiger partial charge in [0.1, 0.15) is 5.75 Å². The highest BCUT2D eigenvalue weighted by atomic mass is 32.2. The highest BCUT2D eigenvalue weighted by Crippen LogP contribution is 2.30. The molecule has 0 unspecified atom stereocenters. The Labute approximate surface area is 169 Å². The SMILES string of the molecule is Cc1ccccc1Oc1nccnc1SCC(=O)NCCCc1ccccc1. The lowest BCUT2D eigenvalue weighted by Gasteiger charge is -2.10. The van der Waals surface area contributed by atoms with E-state index in [9.17, 15) is 4.79 Å². The Bertz CT molecular complexity index is 903. The third kappa shape index (κ3) is 6.09.